The second-order valence-electron chi connectivity index (χ2n) is 1.88. The molecule has 1 rings (SSSR count). The molecule has 1 heterocycles. The van der Waals surface area contributed by atoms with E-state index in [4.69, 9.17) is 4.74 Å². The van der Waals surface area contributed by atoms with Gasteiger partial charge in [-0.2, -0.15) is 0 Å². The Labute approximate surface area is 48.0 Å². The van der Waals surface area contributed by atoms with Gasteiger partial charge >= 0.3 is 0 Å². The van der Waals surface area contributed by atoms with E-state index in [0.717, 1.165) is 13.2 Å². The summed E-state index contributed by atoms with van der Waals surface area (Å²) >= 11 is 0. The molecule has 1 saturated heterocycles. The molecule has 1 unspecified atom stereocenters. The standard InChI is InChI=1S/C5H10FNO/c6-3-5-4-8-2-1-7-5/h5,7H,1-4H2. The van der Waals surface area contributed by atoms with Gasteiger partial charge in [-0.05, 0) is 0 Å². The molecular formula is C5H10FNO. The molecule has 0 aromatic carbocycles. The fourth-order valence-electron chi connectivity index (χ4n) is 0.719. The summed E-state index contributed by atoms with van der Waals surface area (Å²) in [5.74, 6) is 0. The molecule has 0 amide bonds. The smallest absolute Gasteiger partial charge is 0.107 e. The summed E-state index contributed by atoms with van der Waals surface area (Å²) < 4.78 is 16.7. The van der Waals surface area contributed by atoms with Crippen molar-refractivity contribution >= 4 is 0 Å². The molecule has 0 aromatic heterocycles. The Kier molecular flexibility index (Phi) is 2.24. The quantitative estimate of drug-likeness (QED) is 0.522. The average molecular weight is 119 g/mol. The Morgan fingerprint density at radius 2 is 2.62 bits per heavy atom. The lowest BCUT2D eigenvalue weighted by Crippen LogP contribution is -2.42. The molecule has 0 aromatic rings. The van der Waals surface area contributed by atoms with E-state index < -0.39 is 0 Å². The first-order valence-corrected chi connectivity index (χ1v) is 2.80. The van der Waals surface area contributed by atoms with E-state index in [0.29, 0.717) is 6.61 Å². The fourth-order valence-corrected chi connectivity index (χ4v) is 0.719. The van der Waals surface area contributed by atoms with Crippen molar-refractivity contribution in [2.24, 2.45) is 0 Å². The number of halogens is 1. The minimum absolute atomic E-state index is 0.0521. The minimum Gasteiger partial charge on any atom is -0.378 e. The highest BCUT2D eigenvalue weighted by molar-refractivity contribution is 4.67. The second-order valence-corrected chi connectivity index (χ2v) is 1.88. The predicted molar refractivity (Wildman–Crippen MR) is 28.6 cm³/mol. The molecule has 2 nitrogen and oxygen atoms in total. The van der Waals surface area contributed by atoms with E-state index in [1.54, 1.807) is 0 Å². The summed E-state index contributed by atoms with van der Waals surface area (Å²) in [6.45, 7) is 1.71. The number of rotatable bonds is 1. The van der Waals surface area contributed by atoms with Gasteiger partial charge in [-0.1, -0.05) is 0 Å². The Morgan fingerprint density at radius 3 is 3.00 bits per heavy atom. The van der Waals surface area contributed by atoms with Gasteiger partial charge in [0.2, 0.25) is 0 Å². The molecular weight excluding hydrogens is 109 g/mol. The number of morpholine rings is 1. The lowest BCUT2D eigenvalue weighted by Gasteiger charge is -2.20. The molecule has 1 aliphatic heterocycles. The third kappa shape index (κ3) is 1.42. The van der Waals surface area contributed by atoms with Crippen LogP contribution in [0, 0.1) is 0 Å². The van der Waals surface area contributed by atoms with Crippen LogP contribution in [0.3, 0.4) is 0 Å². The van der Waals surface area contributed by atoms with E-state index in [1.165, 1.54) is 0 Å². The van der Waals surface area contributed by atoms with E-state index in [-0.39, 0.29) is 12.7 Å². The van der Waals surface area contributed by atoms with E-state index in [9.17, 15) is 4.39 Å². The Balaban J connectivity index is 2.13. The molecule has 1 aliphatic rings. The van der Waals surface area contributed by atoms with E-state index >= 15 is 0 Å². The molecule has 3 heteroatoms. The van der Waals surface area contributed by atoms with Crippen LogP contribution in [0.4, 0.5) is 4.39 Å². The van der Waals surface area contributed by atoms with Gasteiger partial charge in [0.15, 0.2) is 0 Å². The normalized spacial score (nSPS) is 30.4. The number of alkyl halides is 1. The molecule has 0 aliphatic carbocycles. The van der Waals surface area contributed by atoms with Crippen molar-refractivity contribution in [1.82, 2.24) is 5.32 Å². The van der Waals surface area contributed by atoms with E-state index in [2.05, 4.69) is 5.32 Å². The Hall–Kier alpha value is -0.150. The van der Waals surface area contributed by atoms with Gasteiger partial charge in [-0.15, -0.1) is 0 Å². The van der Waals surface area contributed by atoms with Crippen molar-refractivity contribution in [3.05, 3.63) is 0 Å². The summed E-state index contributed by atoms with van der Waals surface area (Å²) in [4.78, 5) is 0. The van der Waals surface area contributed by atoms with Crippen LogP contribution in [0.15, 0.2) is 0 Å². The Morgan fingerprint density at radius 1 is 1.75 bits per heavy atom. The zero-order valence-electron chi connectivity index (χ0n) is 4.69. The predicted octanol–water partition coefficient (Wildman–Crippen LogP) is -0.0557. The molecule has 48 valence electrons. The van der Waals surface area contributed by atoms with Gasteiger partial charge in [-0.3, -0.25) is 0 Å². The van der Waals surface area contributed by atoms with Gasteiger partial charge in [0.05, 0.1) is 19.3 Å². The highest BCUT2D eigenvalue weighted by Gasteiger charge is 2.10. The average Bonchev–Trinajstić information content (AvgIpc) is 1.90. The van der Waals surface area contributed by atoms with Crippen LogP contribution in [0.2, 0.25) is 0 Å². The molecule has 8 heavy (non-hydrogen) atoms. The largest absolute Gasteiger partial charge is 0.378 e. The van der Waals surface area contributed by atoms with Gasteiger partial charge in [0.25, 0.3) is 0 Å². The van der Waals surface area contributed by atoms with Crippen LogP contribution >= 0.6 is 0 Å². The van der Waals surface area contributed by atoms with Crippen LogP contribution < -0.4 is 5.32 Å². The number of hydrogen-bond donors (Lipinski definition) is 1. The maximum atomic E-state index is 11.7. The van der Waals surface area contributed by atoms with Crippen LogP contribution in [-0.2, 0) is 4.74 Å². The molecule has 0 bridgehead atoms. The van der Waals surface area contributed by atoms with Crippen LogP contribution in [-0.4, -0.2) is 32.5 Å². The zero-order chi connectivity index (χ0) is 5.82. The number of ether oxygens (including phenoxy) is 1. The van der Waals surface area contributed by atoms with E-state index in [1.807, 2.05) is 0 Å². The summed E-state index contributed by atoms with van der Waals surface area (Å²) in [5, 5.41) is 2.97. The van der Waals surface area contributed by atoms with Gasteiger partial charge in [-0.25, -0.2) is 4.39 Å². The van der Waals surface area contributed by atoms with Crippen molar-refractivity contribution in [3.8, 4) is 0 Å². The third-order valence-electron chi connectivity index (χ3n) is 1.18. The number of nitrogens with one attached hydrogen (secondary N) is 1. The summed E-state index contributed by atoms with van der Waals surface area (Å²) in [7, 11) is 0. The highest BCUT2D eigenvalue weighted by Crippen LogP contribution is 1.91. The second kappa shape index (κ2) is 2.99. The molecule has 0 saturated carbocycles. The fraction of sp³-hybridized carbons (Fsp3) is 1.00. The topological polar surface area (TPSA) is 21.3 Å². The van der Waals surface area contributed by atoms with Crippen LogP contribution in [0.5, 0.6) is 0 Å². The van der Waals surface area contributed by atoms with Gasteiger partial charge in [0.1, 0.15) is 6.67 Å². The van der Waals surface area contributed by atoms with Crippen molar-refractivity contribution in [3.63, 3.8) is 0 Å². The summed E-state index contributed by atoms with van der Waals surface area (Å²) in [6, 6.07) is -0.0521. The van der Waals surface area contributed by atoms with Crippen LogP contribution in [0.25, 0.3) is 0 Å². The third-order valence-corrected chi connectivity index (χ3v) is 1.18. The molecule has 0 spiro atoms. The first-order valence-electron chi connectivity index (χ1n) is 2.80. The van der Waals surface area contributed by atoms with Crippen molar-refractivity contribution in [2.45, 2.75) is 6.04 Å². The lowest BCUT2D eigenvalue weighted by atomic mass is 10.3. The first kappa shape index (κ1) is 5.98. The molecule has 1 N–H and O–H groups in total. The lowest BCUT2D eigenvalue weighted by molar-refractivity contribution is 0.0684. The summed E-state index contributed by atoms with van der Waals surface area (Å²) in [5.41, 5.74) is 0. The monoisotopic (exact) mass is 119 g/mol. The maximum Gasteiger partial charge on any atom is 0.107 e. The van der Waals surface area contributed by atoms with Crippen molar-refractivity contribution in [1.29, 1.82) is 0 Å². The van der Waals surface area contributed by atoms with Crippen LogP contribution in [0.1, 0.15) is 0 Å². The SMILES string of the molecule is FCC1COCCN1. The first-order chi connectivity index (χ1) is 3.93. The van der Waals surface area contributed by atoms with Gasteiger partial charge in [0, 0.05) is 6.54 Å². The zero-order valence-corrected chi connectivity index (χ0v) is 4.69. The van der Waals surface area contributed by atoms with Crippen molar-refractivity contribution in [2.75, 3.05) is 26.4 Å². The highest BCUT2D eigenvalue weighted by atomic mass is 19.1. The van der Waals surface area contributed by atoms with Gasteiger partial charge < -0.3 is 10.1 Å². The number of hydrogen-bond acceptors (Lipinski definition) is 2. The Bertz CT molecular complexity index is 63.4. The summed E-state index contributed by atoms with van der Waals surface area (Å²) in [6.07, 6.45) is 0. The molecule has 1 fully saturated rings. The molecule has 0 radical (unpaired) electrons. The maximum absolute atomic E-state index is 11.7. The minimum atomic E-state index is -0.319. The molecule has 1 atom stereocenters. The van der Waals surface area contributed by atoms with Crippen molar-refractivity contribution < 1.29 is 9.13 Å².